The van der Waals surface area contributed by atoms with E-state index in [1.807, 2.05) is 0 Å². The molecule has 1 N–H and O–H groups in total. The molecular formula is C11H11Cl2NO3. The number of carboxylic acids is 1. The Morgan fingerprint density at radius 2 is 2.06 bits per heavy atom. The van der Waals surface area contributed by atoms with Crippen LogP contribution in [-0.2, 0) is 15.1 Å². The van der Waals surface area contributed by atoms with Gasteiger partial charge in [-0.05, 0) is 19.1 Å². The van der Waals surface area contributed by atoms with Gasteiger partial charge in [0.2, 0.25) is 6.41 Å². The Morgan fingerprint density at radius 1 is 1.47 bits per heavy atom. The predicted molar refractivity (Wildman–Crippen MR) is 65.3 cm³/mol. The molecule has 0 aliphatic carbocycles. The van der Waals surface area contributed by atoms with Crippen molar-refractivity contribution < 1.29 is 14.7 Å². The summed E-state index contributed by atoms with van der Waals surface area (Å²) in [7, 11) is 1.38. The van der Waals surface area contributed by atoms with Gasteiger partial charge in [0.25, 0.3) is 0 Å². The maximum absolute atomic E-state index is 11.4. The van der Waals surface area contributed by atoms with Crippen LogP contribution in [0.25, 0.3) is 0 Å². The molecule has 0 fully saturated rings. The summed E-state index contributed by atoms with van der Waals surface area (Å²) in [5, 5.41) is 9.90. The van der Waals surface area contributed by atoms with Crippen LogP contribution in [0.5, 0.6) is 0 Å². The van der Waals surface area contributed by atoms with Crippen LogP contribution in [0.4, 0.5) is 0 Å². The first kappa shape index (κ1) is 13.8. The molecule has 0 saturated carbocycles. The molecule has 1 aromatic carbocycles. The van der Waals surface area contributed by atoms with Crippen LogP contribution in [0, 0.1) is 0 Å². The van der Waals surface area contributed by atoms with E-state index in [0.717, 1.165) is 4.90 Å². The lowest BCUT2D eigenvalue weighted by molar-refractivity contribution is -0.153. The standard InChI is InChI=1S/C11H11Cl2NO3/c1-11(10(16)17,14(2)6-15)8-4-3-7(12)5-9(8)13/h3-6H,1-2H3,(H,16,17). The molecule has 1 amide bonds. The highest BCUT2D eigenvalue weighted by atomic mass is 35.5. The Hall–Kier alpha value is -1.26. The zero-order chi connectivity index (χ0) is 13.2. The second kappa shape index (κ2) is 4.94. The van der Waals surface area contributed by atoms with Gasteiger partial charge in [0.1, 0.15) is 0 Å². The molecule has 0 bridgehead atoms. The SMILES string of the molecule is CN(C=O)C(C)(C(=O)O)c1ccc(Cl)cc1Cl. The molecule has 1 rings (SSSR count). The molecule has 1 unspecified atom stereocenters. The third-order valence-electron chi connectivity index (χ3n) is 2.74. The maximum Gasteiger partial charge on any atom is 0.334 e. The minimum atomic E-state index is -1.52. The van der Waals surface area contributed by atoms with Crippen molar-refractivity contribution in [2.75, 3.05) is 7.05 Å². The van der Waals surface area contributed by atoms with Gasteiger partial charge in [0.15, 0.2) is 5.54 Å². The van der Waals surface area contributed by atoms with Crippen molar-refractivity contribution in [2.45, 2.75) is 12.5 Å². The highest BCUT2D eigenvalue weighted by Gasteiger charge is 2.40. The van der Waals surface area contributed by atoms with Crippen LogP contribution in [-0.4, -0.2) is 29.4 Å². The fourth-order valence-electron chi connectivity index (χ4n) is 1.45. The van der Waals surface area contributed by atoms with Gasteiger partial charge in [-0.25, -0.2) is 4.79 Å². The van der Waals surface area contributed by atoms with Crippen molar-refractivity contribution in [3.63, 3.8) is 0 Å². The summed E-state index contributed by atoms with van der Waals surface area (Å²) in [6, 6.07) is 4.47. The Bertz CT molecular complexity index is 464. The van der Waals surface area contributed by atoms with Gasteiger partial charge in [0.05, 0.1) is 0 Å². The number of halogens is 2. The number of hydrogen-bond donors (Lipinski definition) is 1. The van der Waals surface area contributed by atoms with Crippen molar-refractivity contribution in [1.82, 2.24) is 4.90 Å². The van der Waals surface area contributed by atoms with Gasteiger partial charge in [-0.15, -0.1) is 0 Å². The lowest BCUT2D eigenvalue weighted by Gasteiger charge is -2.33. The average Bonchev–Trinajstić information content (AvgIpc) is 2.26. The summed E-state index contributed by atoms with van der Waals surface area (Å²) >= 11 is 11.7. The van der Waals surface area contributed by atoms with Crippen LogP contribution in [0.15, 0.2) is 18.2 Å². The second-order valence-electron chi connectivity index (χ2n) is 3.72. The van der Waals surface area contributed by atoms with E-state index in [9.17, 15) is 14.7 Å². The zero-order valence-corrected chi connectivity index (χ0v) is 10.8. The van der Waals surface area contributed by atoms with E-state index in [1.165, 1.54) is 32.2 Å². The summed E-state index contributed by atoms with van der Waals surface area (Å²) in [5.41, 5.74) is -1.21. The first-order valence-electron chi connectivity index (χ1n) is 4.71. The summed E-state index contributed by atoms with van der Waals surface area (Å²) in [6.45, 7) is 1.40. The first-order chi connectivity index (χ1) is 7.83. The quantitative estimate of drug-likeness (QED) is 0.859. The molecule has 1 aromatic rings. The smallest absolute Gasteiger partial charge is 0.334 e. The number of carbonyl (C=O) groups excluding carboxylic acids is 1. The Morgan fingerprint density at radius 3 is 2.47 bits per heavy atom. The van der Waals surface area contributed by atoms with Gasteiger partial charge >= 0.3 is 5.97 Å². The predicted octanol–water partition coefficient (Wildman–Crippen LogP) is 2.38. The van der Waals surface area contributed by atoms with Gasteiger partial charge in [-0.3, -0.25) is 4.79 Å². The molecule has 17 heavy (non-hydrogen) atoms. The zero-order valence-electron chi connectivity index (χ0n) is 9.28. The van der Waals surface area contributed by atoms with E-state index in [0.29, 0.717) is 17.0 Å². The van der Waals surface area contributed by atoms with Crippen LogP contribution in [0.3, 0.4) is 0 Å². The van der Waals surface area contributed by atoms with Crippen LogP contribution < -0.4 is 0 Å². The minimum absolute atomic E-state index is 0.205. The topological polar surface area (TPSA) is 57.6 Å². The Labute approximate surface area is 109 Å². The number of aliphatic carboxylic acids is 1. The molecule has 0 saturated heterocycles. The summed E-state index contributed by atoms with van der Waals surface area (Å²) in [6.07, 6.45) is 0.444. The molecule has 4 nitrogen and oxygen atoms in total. The van der Waals surface area contributed by atoms with Crippen LogP contribution >= 0.6 is 23.2 Å². The molecule has 0 aromatic heterocycles. The highest BCUT2D eigenvalue weighted by Crippen LogP contribution is 2.33. The minimum Gasteiger partial charge on any atom is -0.479 e. The van der Waals surface area contributed by atoms with E-state index in [-0.39, 0.29) is 5.02 Å². The molecule has 92 valence electrons. The monoisotopic (exact) mass is 275 g/mol. The third-order valence-corrected chi connectivity index (χ3v) is 3.28. The summed E-state index contributed by atoms with van der Waals surface area (Å²) < 4.78 is 0. The molecule has 0 spiro atoms. The summed E-state index contributed by atoms with van der Waals surface area (Å²) in [4.78, 5) is 23.2. The molecule has 0 aliphatic heterocycles. The molecule has 0 aliphatic rings. The molecular weight excluding hydrogens is 265 g/mol. The van der Waals surface area contributed by atoms with E-state index >= 15 is 0 Å². The van der Waals surface area contributed by atoms with E-state index < -0.39 is 11.5 Å². The number of hydrogen-bond acceptors (Lipinski definition) is 2. The normalized spacial score (nSPS) is 13.9. The van der Waals surface area contributed by atoms with Crippen molar-refractivity contribution >= 4 is 35.6 Å². The Balaban J connectivity index is 3.42. The molecule has 6 heteroatoms. The highest BCUT2D eigenvalue weighted by molar-refractivity contribution is 6.35. The van der Waals surface area contributed by atoms with Crippen LogP contribution in [0.1, 0.15) is 12.5 Å². The van der Waals surface area contributed by atoms with Crippen molar-refractivity contribution in [3.05, 3.63) is 33.8 Å². The number of nitrogens with zero attached hydrogens (tertiary/aromatic N) is 1. The second-order valence-corrected chi connectivity index (χ2v) is 4.56. The van der Waals surface area contributed by atoms with E-state index in [2.05, 4.69) is 0 Å². The van der Waals surface area contributed by atoms with E-state index in [4.69, 9.17) is 23.2 Å². The number of benzene rings is 1. The summed E-state index contributed by atoms with van der Waals surface area (Å²) in [5.74, 6) is -1.17. The number of rotatable bonds is 4. The number of amides is 1. The number of likely N-dealkylation sites (N-methyl/N-ethyl adjacent to an activating group) is 1. The first-order valence-corrected chi connectivity index (χ1v) is 5.46. The fraction of sp³-hybridized carbons (Fsp3) is 0.273. The lowest BCUT2D eigenvalue weighted by atomic mass is 9.91. The van der Waals surface area contributed by atoms with Gasteiger partial charge in [-0.1, -0.05) is 29.3 Å². The van der Waals surface area contributed by atoms with Gasteiger partial charge in [0, 0.05) is 22.7 Å². The fourth-order valence-corrected chi connectivity index (χ4v) is 2.04. The lowest BCUT2D eigenvalue weighted by Crippen LogP contribution is -2.47. The van der Waals surface area contributed by atoms with Crippen molar-refractivity contribution in [2.24, 2.45) is 0 Å². The third kappa shape index (κ3) is 2.37. The van der Waals surface area contributed by atoms with E-state index in [1.54, 1.807) is 0 Å². The molecule has 0 radical (unpaired) electrons. The Kier molecular flexibility index (Phi) is 4.01. The van der Waals surface area contributed by atoms with Gasteiger partial charge in [-0.2, -0.15) is 0 Å². The number of carbonyl (C=O) groups is 2. The van der Waals surface area contributed by atoms with Gasteiger partial charge < -0.3 is 10.0 Å². The van der Waals surface area contributed by atoms with Crippen molar-refractivity contribution in [3.8, 4) is 0 Å². The molecule has 1 atom stereocenters. The largest absolute Gasteiger partial charge is 0.479 e. The van der Waals surface area contributed by atoms with Crippen molar-refractivity contribution in [1.29, 1.82) is 0 Å². The maximum atomic E-state index is 11.4. The average molecular weight is 276 g/mol. The molecule has 0 heterocycles. The number of carboxylic acid groups (broad SMARTS) is 1. The van der Waals surface area contributed by atoms with Crippen LogP contribution in [0.2, 0.25) is 10.0 Å².